The summed E-state index contributed by atoms with van der Waals surface area (Å²) in [5.41, 5.74) is 1.53. The van der Waals surface area contributed by atoms with Crippen LogP contribution in [-0.4, -0.2) is 85.0 Å². The van der Waals surface area contributed by atoms with Gasteiger partial charge in [0.05, 0.1) is 20.8 Å². The van der Waals surface area contributed by atoms with E-state index in [1.165, 1.54) is 32.8 Å². The van der Waals surface area contributed by atoms with Gasteiger partial charge in [-0.05, 0) is 37.6 Å². The predicted molar refractivity (Wildman–Crippen MR) is 154 cm³/mol. The van der Waals surface area contributed by atoms with Gasteiger partial charge in [0, 0.05) is 32.7 Å². The number of aryl methyl sites for hydroxylation is 1. The van der Waals surface area contributed by atoms with Gasteiger partial charge >= 0.3 is 0 Å². The van der Waals surface area contributed by atoms with Gasteiger partial charge in [-0.3, -0.25) is 9.29 Å². The molecule has 0 aliphatic rings. The number of benzene rings is 1. The van der Waals surface area contributed by atoms with Crippen LogP contribution in [0, 0.1) is 6.92 Å². The summed E-state index contributed by atoms with van der Waals surface area (Å²) in [4.78, 5) is 13.1. The Morgan fingerprint density at radius 3 is 2.21 bits per heavy atom. The van der Waals surface area contributed by atoms with E-state index in [1.807, 2.05) is 6.92 Å². The number of nitrogens with one attached hydrogen (secondary N) is 1. The molecule has 4 aromatic rings. The summed E-state index contributed by atoms with van der Waals surface area (Å²) in [6, 6.07) is 10.3. The van der Waals surface area contributed by atoms with Crippen LogP contribution in [0.2, 0.25) is 0 Å². The molecule has 2 atom stereocenters. The molecule has 14 nitrogen and oxygen atoms in total. The molecule has 42 heavy (non-hydrogen) atoms. The summed E-state index contributed by atoms with van der Waals surface area (Å²) in [5, 5.41) is 7.37. The molecule has 15 heteroatoms. The lowest BCUT2D eigenvalue weighted by atomic mass is 10.2. The van der Waals surface area contributed by atoms with Crippen molar-refractivity contribution >= 4 is 16.0 Å². The number of nitrogens with zero attached hydrogens (tertiary/aromatic N) is 6. The third-order valence-corrected chi connectivity index (χ3v) is 7.93. The second-order valence-electron chi connectivity index (χ2n) is 9.02. The highest BCUT2D eigenvalue weighted by Crippen LogP contribution is 2.38. The fourth-order valence-electron chi connectivity index (χ4n) is 4.07. The molecule has 2 unspecified atom stereocenters. The van der Waals surface area contributed by atoms with Crippen LogP contribution in [0.3, 0.4) is 0 Å². The van der Waals surface area contributed by atoms with Crippen LogP contribution in [0.15, 0.2) is 48.8 Å². The number of sulfonamides is 1. The minimum absolute atomic E-state index is 0.133. The van der Waals surface area contributed by atoms with Crippen molar-refractivity contribution in [1.82, 2.24) is 29.7 Å². The smallest absolute Gasteiger partial charge is 0.243 e. The number of ether oxygens (including phenoxy) is 5. The van der Waals surface area contributed by atoms with Crippen molar-refractivity contribution in [3.05, 3.63) is 60.2 Å². The molecular formula is C27H33N7O7S. The Morgan fingerprint density at radius 1 is 0.929 bits per heavy atom. The minimum Gasteiger partial charge on any atom is -0.494 e. The van der Waals surface area contributed by atoms with E-state index >= 15 is 0 Å². The summed E-state index contributed by atoms with van der Waals surface area (Å²) in [5.74, 6) is 1.36. The average molecular weight is 600 g/mol. The molecule has 3 aromatic heterocycles. The number of anilines is 1. The van der Waals surface area contributed by atoms with Crippen LogP contribution >= 0.6 is 0 Å². The van der Waals surface area contributed by atoms with E-state index in [-0.39, 0.29) is 24.2 Å². The zero-order chi connectivity index (χ0) is 30.3. The van der Waals surface area contributed by atoms with E-state index in [9.17, 15) is 8.42 Å². The number of aromatic nitrogens is 6. The Hall–Kier alpha value is -4.34. The van der Waals surface area contributed by atoms with Crippen LogP contribution in [-0.2, 0) is 19.5 Å². The van der Waals surface area contributed by atoms with Crippen molar-refractivity contribution in [3.8, 4) is 34.6 Å². The average Bonchev–Trinajstić information content (AvgIpc) is 3.40. The van der Waals surface area contributed by atoms with Gasteiger partial charge in [-0.25, -0.2) is 23.4 Å². The lowest BCUT2D eigenvalue weighted by Gasteiger charge is -2.23. The zero-order valence-electron chi connectivity index (χ0n) is 24.1. The first-order valence-electron chi connectivity index (χ1n) is 12.8. The molecule has 1 aromatic carbocycles. The molecule has 0 spiro atoms. The van der Waals surface area contributed by atoms with Crippen LogP contribution in [0.5, 0.6) is 17.4 Å². The molecule has 0 aliphatic carbocycles. The van der Waals surface area contributed by atoms with Crippen molar-refractivity contribution < 1.29 is 32.1 Å². The molecule has 224 valence electrons. The fourth-order valence-corrected chi connectivity index (χ4v) is 5.20. The van der Waals surface area contributed by atoms with Gasteiger partial charge in [-0.1, -0.05) is 12.1 Å². The molecule has 0 aliphatic heterocycles. The van der Waals surface area contributed by atoms with E-state index in [0.29, 0.717) is 35.4 Å². The number of hydrogen-bond donors (Lipinski definition) is 1. The summed E-state index contributed by atoms with van der Waals surface area (Å²) < 4.78 is 59.0. The first kappa shape index (κ1) is 30.6. The van der Waals surface area contributed by atoms with Crippen LogP contribution in [0.4, 0.5) is 5.95 Å². The van der Waals surface area contributed by atoms with Crippen molar-refractivity contribution in [2.75, 3.05) is 46.4 Å². The molecule has 4 rings (SSSR count). The van der Waals surface area contributed by atoms with Crippen LogP contribution < -0.4 is 18.9 Å². The molecule has 0 amide bonds. The molecule has 1 N–H and O–H groups in total. The highest BCUT2D eigenvalue weighted by atomic mass is 32.2. The van der Waals surface area contributed by atoms with Gasteiger partial charge in [0.25, 0.3) is 0 Å². The van der Waals surface area contributed by atoms with Crippen LogP contribution in [0.25, 0.3) is 17.2 Å². The lowest BCUT2D eigenvalue weighted by molar-refractivity contribution is 0.0949. The first-order valence-corrected chi connectivity index (χ1v) is 14.4. The number of methoxy groups -OCH3 is 4. The second-order valence-corrected chi connectivity index (χ2v) is 11.1. The molecule has 0 bridgehead atoms. The van der Waals surface area contributed by atoms with E-state index in [0.717, 1.165) is 5.56 Å². The standard InChI is InChI=1S/C27H33N7O7S/c1-17-15-28-25(29-16-17)24(40-6)18(2)42(35,36)33-27-32-31-26(19-9-7-12-22(30-19)41-14-13-37-3)34(27)23-20(38-4)10-8-11-21(23)39-5/h7-12,15-16,18,24H,13-14H2,1-6H3,(H,32,33). The van der Waals surface area contributed by atoms with Gasteiger partial charge in [0.1, 0.15) is 40.8 Å². The monoisotopic (exact) mass is 599 g/mol. The van der Waals surface area contributed by atoms with E-state index < -0.39 is 21.4 Å². The summed E-state index contributed by atoms with van der Waals surface area (Å²) in [7, 11) is 1.78. The molecule has 3 heterocycles. The maximum absolute atomic E-state index is 13.7. The normalized spacial score (nSPS) is 12.9. The second kappa shape index (κ2) is 13.5. The predicted octanol–water partition coefficient (Wildman–Crippen LogP) is 2.99. The topological polar surface area (TPSA) is 162 Å². The highest BCUT2D eigenvalue weighted by Gasteiger charge is 2.35. The van der Waals surface area contributed by atoms with Gasteiger partial charge in [0.2, 0.25) is 21.9 Å². The summed E-state index contributed by atoms with van der Waals surface area (Å²) in [6.07, 6.45) is 2.22. The fraction of sp³-hybridized carbons (Fsp3) is 0.370. The summed E-state index contributed by atoms with van der Waals surface area (Å²) in [6.45, 7) is 3.99. The maximum Gasteiger partial charge on any atom is 0.243 e. The Bertz CT molecular complexity index is 1570. The molecule has 0 fully saturated rings. The van der Waals surface area contributed by atoms with Gasteiger partial charge < -0.3 is 23.7 Å². The van der Waals surface area contributed by atoms with E-state index in [1.54, 1.807) is 55.9 Å². The maximum atomic E-state index is 13.7. The number of rotatable bonds is 14. The Labute approximate surface area is 244 Å². The zero-order valence-corrected chi connectivity index (χ0v) is 25.0. The van der Waals surface area contributed by atoms with E-state index in [4.69, 9.17) is 23.7 Å². The van der Waals surface area contributed by atoms with Crippen molar-refractivity contribution in [3.63, 3.8) is 0 Å². The third-order valence-electron chi connectivity index (χ3n) is 6.24. The Balaban J connectivity index is 1.82. The third kappa shape index (κ3) is 6.58. The van der Waals surface area contributed by atoms with Crippen LogP contribution in [0.1, 0.15) is 24.4 Å². The SMILES string of the molecule is COCCOc1cccc(-c2nnc(NS(=O)(=O)C(C)C(OC)c3ncc(C)cn3)n2-c2c(OC)cccc2OC)n1. The van der Waals surface area contributed by atoms with Gasteiger partial charge in [0.15, 0.2) is 11.6 Å². The number of para-hydroxylation sites is 1. The quantitative estimate of drug-likeness (QED) is 0.211. The van der Waals surface area contributed by atoms with Gasteiger partial charge in [-0.2, -0.15) is 0 Å². The molecule has 0 saturated carbocycles. The van der Waals surface area contributed by atoms with Crippen molar-refractivity contribution in [2.24, 2.45) is 0 Å². The Morgan fingerprint density at radius 2 is 1.60 bits per heavy atom. The molecule has 0 radical (unpaired) electrons. The highest BCUT2D eigenvalue weighted by molar-refractivity contribution is 7.93. The number of pyridine rings is 1. The molecule has 0 saturated heterocycles. The first-order chi connectivity index (χ1) is 20.2. The lowest BCUT2D eigenvalue weighted by Crippen LogP contribution is -2.33. The van der Waals surface area contributed by atoms with Crippen molar-refractivity contribution in [1.29, 1.82) is 0 Å². The Kier molecular flexibility index (Phi) is 9.88. The largest absolute Gasteiger partial charge is 0.494 e. The van der Waals surface area contributed by atoms with Gasteiger partial charge in [-0.15, -0.1) is 10.2 Å². The van der Waals surface area contributed by atoms with Crippen molar-refractivity contribution in [2.45, 2.75) is 25.2 Å². The summed E-state index contributed by atoms with van der Waals surface area (Å²) >= 11 is 0. The molecular weight excluding hydrogens is 566 g/mol. The minimum atomic E-state index is -4.16. The number of hydrogen-bond acceptors (Lipinski definition) is 12. The van der Waals surface area contributed by atoms with E-state index in [2.05, 4.69) is 29.9 Å².